The summed E-state index contributed by atoms with van der Waals surface area (Å²) >= 11 is 5.90. The molecule has 5 nitrogen and oxygen atoms in total. The maximum Gasteiger partial charge on any atom is 0.128 e. The minimum atomic E-state index is 0.665. The summed E-state index contributed by atoms with van der Waals surface area (Å²) in [5.41, 5.74) is 0. The number of nitrogens with zero attached hydrogens (tertiary/aromatic N) is 4. The van der Waals surface area contributed by atoms with Crippen LogP contribution in [0, 0.1) is 0 Å². The molecule has 0 aliphatic rings. The first-order valence-electron chi connectivity index (χ1n) is 5.61. The zero-order valence-corrected chi connectivity index (χ0v) is 10.6. The third-order valence-corrected chi connectivity index (χ3v) is 2.96. The van der Waals surface area contributed by atoms with Crippen LogP contribution in [0.1, 0.15) is 12.2 Å². The summed E-state index contributed by atoms with van der Waals surface area (Å²) in [4.78, 5) is 4.21. The van der Waals surface area contributed by atoms with Gasteiger partial charge in [0, 0.05) is 26.0 Å². The van der Waals surface area contributed by atoms with Crippen molar-refractivity contribution in [2.24, 2.45) is 7.05 Å². The average Bonchev–Trinajstić information content (AvgIpc) is 2.93. The van der Waals surface area contributed by atoms with Gasteiger partial charge >= 0.3 is 0 Å². The lowest BCUT2D eigenvalue weighted by Crippen LogP contribution is -2.19. The molecule has 0 saturated carbocycles. The zero-order valence-electron chi connectivity index (χ0n) is 9.80. The minimum absolute atomic E-state index is 0.665. The zero-order chi connectivity index (χ0) is 12.1. The first-order valence-corrected chi connectivity index (χ1v) is 5.99. The predicted molar refractivity (Wildman–Crippen MR) is 66.8 cm³/mol. The molecule has 17 heavy (non-hydrogen) atoms. The van der Waals surface area contributed by atoms with E-state index in [4.69, 9.17) is 11.6 Å². The van der Waals surface area contributed by atoms with Crippen LogP contribution in [0.25, 0.3) is 0 Å². The summed E-state index contributed by atoms with van der Waals surface area (Å²) in [5.74, 6) is 0.953. The van der Waals surface area contributed by atoms with Crippen LogP contribution in [0.5, 0.6) is 0 Å². The Hall–Kier alpha value is -1.33. The third-order valence-electron chi connectivity index (χ3n) is 2.61. The molecule has 0 radical (unpaired) electrons. The topological polar surface area (TPSA) is 47.7 Å². The van der Waals surface area contributed by atoms with Crippen molar-refractivity contribution in [2.45, 2.75) is 19.5 Å². The highest BCUT2D eigenvalue weighted by atomic mass is 35.5. The monoisotopic (exact) mass is 253 g/mol. The third kappa shape index (κ3) is 3.31. The fourth-order valence-corrected chi connectivity index (χ4v) is 1.73. The van der Waals surface area contributed by atoms with Crippen LogP contribution in [-0.4, -0.2) is 25.9 Å². The number of aryl methyl sites for hydroxylation is 1. The molecule has 0 spiro atoms. The number of hydrogen-bond acceptors (Lipinski definition) is 3. The van der Waals surface area contributed by atoms with E-state index in [2.05, 4.69) is 15.4 Å². The van der Waals surface area contributed by atoms with E-state index < -0.39 is 0 Å². The number of rotatable bonds is 6. The van der Waals surface area contributed by atoms with Gasteiger partial charge in [0.25, 0.3) is 0 Å². The molecule has 0 saturated heterocycles. The van der Waals surface area contributed by atoms with E-state index >= 15 is 0 Å². The highest BCUT2D eigenvalue weighted by Crippen LogP contribution is 2.08. The Labute approximate surface area is 105 Å². The standard InChI is InChI=1S/C11H16ClN5/c1-16-10(12)8-14-11(16)9-13-4-2-6-17-7-3-5-15-17/h3,5,7-8,13H,2,4,6,9H2,1H3. The molecule has 0 atom stereocenters. The molecule has 2 heterocycles. The van der Waals surface area contributed by atoms with Crippen molar-refractivity contribution >= 4 is 11.6 Å². The van der Waals surface area contributed by atoms with Gasteiger partial charge in [-0.1, -0.05) is 11.6 Å². The second-order valence-corrected chi connectivity index (χ2v) is 4.24. The molecule has 6 heteroatoms. The molecule has 0 bridgehead atoms. The fraction of sp³-hybridized carbons (Fsp3) is 0.455. The number of nitrogens with one attached hydrogen (secondary N) is 1. The summed E-state index contributed by atoms with van der Waals surface area (Å²) in [6.07, 6.45) is 6.48. The van der Waals surface area contributed by atoms with Gasteiger partial charge in [-0.3, -0.25) is 4.68 Å². The van der Waals surface area contributed by atoms with Gasteiger partial charge in [-0.15, -0.1) is 0 Å². The van der Waals surface area contributed by atoms with Gasteiger partial charge in [0.1, 0.15) is 11.0 Å². The van der Waals surface area contributed by atoms with Crippen molar-refractivity contribution < 1.29 is 0 Å². The Bertz CT molecular complexity index is 448. The van der Waals surface area contributed by atoms with Crippen molar-refractivity contribution in [2.75, 3.05) is 6.54 Å². The van der Waals surface area contributed by atoms with E-state index in [1.54, 1.807) is 12.4 Å². The van der Waals surface area contributed by atoms with E-state index in [1.165, 1.54) is 0 Å². The van der Waals surface area contributed by atoms with Crippen LogP contribution in [-0.2, 0) is 20.1 Å². The molecule has 0 amide bonds. The molecular weight excluding hydrogens is 238 g/mol. The first-order chi connectivity index (χ1) is 8.27. The number of aromatic nitrogens is 4. The Morgan fingerprint density at radius 2 is 2.35 bits per heavy atom. The Morgan fingerprint density at radius 3 is 3.00 bits per heavy atom. The van der Waals surface area contributed by atoms with Crippen molar-refractivity contribution in [3.63, 3.8) is 0 Å². The molecule has 0 unspecified atom stereocenters. The predicted octanol–water partition coefficient (Wildman–Crippen LogP) is 1.45. The lowest BCUT2D eigenvalue weighted by atomic mass is 10.4. The molecule has 0 fully saturated rings. The lowest BCUT2D eigenvalue weighted by molar-refractivity contribution is 0.535. The summed E-state index contributed by atoms with van der Waals surface area (Å²) in [6, 6.07) is 1.93. The maximum atomic E-state index is 5.90. The van der Waals surface area contributed by atoms with Crippen LogP contribution in [0.3, 0.4) is 0 Å². The summed E-state index contributed by atoms with van der Waals surface area (Å²) < 4.78 is 3.81. The first kappa shape index (κ1) is 12.1. The Balaban J connectivity index is 1.65. The van der Waals surface area contributed by atoms with Crippen LogP contribution >= 0.6 is 11.6 Å². The van der Waals surface area contributed by atoms with Gasteiger partial charge in [0.05, 0.1) is 12.7 Å². The van der Waals surface area contributed by atoms with Gasteiger partial charge in [-0.25, -0.2) is 4.98 Å². The molecule has 2 aromatic heterocycles. The summed E-state index contributed by atoms with van der Waals surface area (Å²) in [7, 11) is 1.91. The normalized spacial score (nSPS) is 10.9. The van der Waals surface area contributed by atoms with Crippen molar-refractivity contribution in [1.82, 2.24) is 24.6 Å². The van der Waals surface area contributed by atoms with Gasteiger partial charge in [0.15, 0.2) is 0 Å². The van der Waals surface area contributed by atoms with Crippen LogP contribution < -0.4 is 5.32 Å². The van der Waals surface area contributed by atoms with Crippen LogP contribution in [0.2, 0.25) is 5.15 Å². The van der Waals surface area contributed by atoms with E-state index in [0.29, 0.717) is 5.15 Å². The second kappa shape index (κ2) is 5.84. The van der Waals surface area contributed by atoms with Gasteiger partial charge in [-0.05, 0) is 19.0 Å². The van der Waals surface area contributed by atoms with Crippen LogP contribution in [0.15, 0.2) is 24.7 Å². The molecule has 1 N–H and O–H groups in total. The Morgan fingerprint density at radius 1 is 1.47 bits per heavy atom. The minimum Gasteiger partial charge on any atom is -0.321 e. The van der Waals surface area contributed by atoms with Gasteiger partial charge < -0.3 is 9.88 Å². The van der Waals surface area contributed by atoms with E-state index in [0.717, 1.165) is 31.9 Å². The quantitative estimate of drug-likeness (QED) is 0.793. The molecule has 92 valence electrons. The molecule has 0 aromatic carbocycles. The molecule has 0 aliphatic carbocycles. The highest BCUT2D eigenvalue weighted by molar-refractivity contribution is 6.29. The SMILES string of the molecule is Cn1c(Cl)cnc1CNCCCn1cccn1. The highest BCUT2D eigenvalue weighted by Gasteiger charge is 2.02. The smallest absolute Gasteiger partial charge is 0.128 e. The average molecular weight is 254 g/mol. The number of hydrogen-bond donors (Lipinski definition) is 1. The van der Waals surface area contributed by atoms with Crippen LogP contribution in [0.4, 0.5) is 0 Å². The number of imidazole rings is 1. The second-order valence-electron chi connectivity index (χ2n) is 3.86. The maximum absolute atomic E-state index is 5.90. The van der Waals surface area contributed by atoms with Crippen molar-refractivity contribution in [3.8, 4) is 0 Å². The van der Waals surface area contributed by atoms with Crippen molar-refractivity contribution in [3.05, 3.63) is 35.6 Å². The van der Waals surface area contributed by atoms with E-state index in [9.17, 15) is 0 Å². The number of halogens is 1. The Kier molecular flexibility index (Phi) is 4.17. The molecule has 0 aliphatic heterocycles. The van der Waals surface area contributed by atoms with E-state index in [-0.39, 0.29) is 0 Å². The van der Waals surface area contributed by atoms with Gasteiger partial charge in [0.2, 0.25) is 0 Å². The molecular formula is C11H16ClN5. The molecule has 2 aromatic rings. The largest absolute Gasteiger partial charge is 0.321 e. The van der Waals surface area contributed by atoms with Gasteiger partial charge in [-0.2, -0.15) is 5.10 Å². The summed E-state index contributed by atoms with van der Waals surface area (Å²) in [5, 5.41) is 8.14. The fourth-order valence-electron chi connectivity index (χ4n) is 1.59. The summed E-state index contributed by atoms with van der Waals surface area (Å²) in [6.45, 7) is 2.61. The van der Waals surface area contributed by atoms with Crippen molar-refractivity contribution in [1.29, 1.82) is 0 Å². The molecule has 2 rings (SSSR count). The van der Waals surface area contributed by atoms with E-state index in [1.807, 2.05) is 28.6 Å². The lowest BCUT2D eigenvalue weighted by Gasteiger charge is -2.05.